The number of thiazole rings is 1. The van der Waals surface area contributed by atoms with E-state index in [9.17, 15) is 4.79 Å². The fourth-order valence-electron chi connectivity index (χ4n) is 2.73. The SMILES string of the molecule is CCOC(=O)c1sc(C(C)NC(=NC)NCc2cccc(COC(C)C)c2)nc1C. The van der Waals surface area contributed by atoms with E-state index in [2.05, 4.69) is 38.8 Å². The molecule has 7 nitrogen and oxygen atoms in total. The predicted octanol–water partition coefficient (Wildman–Crippen LogP) is 3.98. The summed E-state index contributed by atoms with van der Waals surface area (Å²) in [6.07, 6.45) is 0.204. The summed E-state index contributed by atoms with van der Waals surface area (Å²) in [5.74, 6) is 0.339. The summed E-state index contributed by atoms with van der Waals surface area (Å²) in [5, 5.41) is 7.47. The molecule has 0 bridgehead atoms. The number of aromatic nitrogens is 1. The van der Waals surface area contributed by atoms with E-state index in [1.165, 1.54) is 11.3 Å². The number of ether oxygens (including phenoxy) is 2. The summed E-state index contributed by atoms with van der Waals surface area (Å²) >= 11 is 1.35. The molecule has 0 saturated carbocycles. The Morgan fingerprint density at radius 1 is 1.27 bits per heavy atom. The minimum Gasteiger partial charge on any atom is -0.462 e. The van der Waals surface area contributed by atoms with Gasteiger partial charge in [-0.05, 0) is 45.7 Å². The number of carbonyl (C=O) groups is 1. The highest BCUT2D eigenvalue weighted by molar-refractivity contribution is 7.13. The normalized spacial score (nSPS) is 12.7. The molecule has 164 valence electrons. The number of aryl methyl sites for hydroxylation is 1. The van der Waals surface area contributed by atoms with Crippen molar-refractivity contribution in [3.63, 3.8) is 0 Å². The molecule has 2 N–H and O–H groups in total. The first kappa shape index (κ1) is 23.8. The van der Waals surface area contributed by atoms with Gasteiger partial charge in [-0.1, -0.05) is 24.3 Å². The van der Waals surface area contributed by atoms with Crippen LogP contribution in [0.5, 0.6) is 0 Å². The molecule has 2 rings (SSSR count). The molecule has 2 aromatic rings. The number of hydrogen-bond acceptors (Lipinski definition) is 6. The Bertz CT molecular complexity index is 864. The Balaban J connectivity index is 1.95. The van der Waals surface area contributed by atoms with Gasteiger partial charge in [0.1, 0.15) is 9.88 Å². The Labute approximate surface area is 182 Å². The Morgan fingerprint density at radius 3 is 2.67 bits per heavy atom. The van der Waals surface area contributed by atoms with Crippen molar-refractivity contribution in [2.45, 2.75) is 59.9 Å². The average molecular weight is 433 g/mol. The van der Waals surface area contributed by atoms with Gasteiger partial charge in [0.05, 0.1) is 31.1 Å². The third-order valence-electron chi connectivity index (χ3n) is 4.26. The highest BCUT2D eigenvalue weighted by Gasteiger charge is 2.20. The van der Waals surface area contributed by atoms with Gasteiger partial charge >= 0.3 is 5.97 Å². The van der Waals surface area contributed by atoms with Gasteiger partial charge in [-0.3, -0.25) is 4.99 Å². The quantitative estimate of drug-likeness (QED) is 0.354. The zero-order valence-corrected chi connectivity index (χ0v) is 19.4. The number of rotatable bonds is 9. The van der Waals surface area contributed by atoms with E-state index in [0.717, 1.165) is 16.1 Å². The summed E-state index contributed by atoms with van der Waals surface area (Å²) in [7, 11) is 1.73. The summed E-state index contributed by atoms with van der Waals surface area (Å²) in [6.45, 7) is 11.2. The number of benzene rings is 1. The maximum Gasteiger partial charge on any atom is 0.350 e. The third-order valence-corrected chi connectivity index (χ3v) is 5.58. The molecule has 0 radical (unpaired) electrons. The van der Waals surface area contributed by atoms with Gasteiger partial charge in [0, 0.05) is 13.6 Å². The van der Waals surface area contributed by atoms with Crippen molar-refractivity contribution < 1.29 is 14.3 Å². The van der Waals surface area contributed by atoms with Crippen LogP contribution in [0.3, 0.4) is 0 Å². The van der Waals surface area contributed by atoms with Gasteiger partial charge in [-0.25, -0.2) is 9.78 Å². The molecular formula is C22H32N4O3S. The van der Waals surface area contributed by atoms with Gasteiger partial charge < -0.3 is 20.1 Å². The first-order valence-electron chi connectivity index (χ1n) is 10.1. The molecule has 30 heavy (non-hydrogen) atoms. The van der Waals surface area contributed by atoms with Crippen LogP contribution in [0.25, 0.3) is 0 Å². The van der Waals surface area contributed by atoms with E-state index in [0.29, 0.717) is 36.3 Å². The molecular weight excluding hydrogens is 400 g/mol. The highest BCUT2D eigenvalue weighted by atomic mass is 32.1. The molecule has 0 amide bonds. The van der Waals surface area contributed by atoms with Crippen LogP contribution in [0.4, 0.5) is 0 Å². The maximum atomic E-state index is 12.0. The van der Waals surface area contributed by atoms with Crippen molar-refractivity contribution in [2.75, 3.05) is 13.7 Å². The largest absolute Gasteiger partial charge is 0.462 e. The topological polar surface area (TPSA) is 84.8 Å². The molecule has 1 heterocycles. The number of esters is 1. The lowest BCUT2D eigenvalue weighted by atomic mass is 10.1. The van der Waals surface area contributed by atoms with Crippen LogP contribution in [0.1, 0.15) is 65.2 Å². The molecule has 0 aliphatic heterocycles. The van der Waals surface area contributed by atoms with Crippen LogP contribution in [0, 0.1) is 6.92 Å². The van der Waals surface area contributed by atoms with Crippen molar-refractivity contribution in [3.8, 4) is 0 Å². The summed E-state index contributed by atoms with van der Waals surface area (Å²) in [6, 6.07) is 8.19. The van der Waals surface area contributed by atoms with Crippen molar-refractivity contribution in [2.24, 2.45) is 4.99 Å². The maximum absolute atomic E-state index is 12.0. The van der Waals surface area contributed by atoms with Gasteiger partial charge in [0.2, 0.25) is 0 Å². The second kappa shape index (κ2) is 11.7. The first-order valence-corrected chi connectivity index (χ1v) is 11.0. The number of aliphatic imine (C=N–C) groups is 1. The van der Waals surface area contributed by atoms with E-state index in [-0.39, 0.29) is 18.1 Å². The van der Waals surface area contributed by atoms with Crippen molar-refractivity contribution >= 4 is 23.3 Å². The number of hydrogen-bond donors (Lipinski definition) is 2. The fraction of sp³-hybridized carbons (Fsp3) is 0.500. The average Bonchev–Trinajstić information content (AvgIpc) is 3.12. The molecule has 0 aliphatic carbocycles. The lowest BCUT2D eigenvalue weighted by molar-refractivity contribution is 0.0531. The number of carbonyl (C=O) groups excluding carboxylic acids is 1. The van der Waals surface area contributed by atoms with Crippen LogP contribution in [0.15, 0.2) is 29.3 Å². The minimum atomic E-state index is -0.324. The van der Waals surface area contributed by atoms with Gasteiger partial charge in [0.15, 0.2) is 5.96 Å². The van der Waals surface area contributed by atoms with Crippen LogP contribution in [-0.2, 0) is 22.6 Å². The molecule has 1 aromatic carbocycles. The van der Waals surface area contributed by atoms with Crippen LogP contribution in [0.2, 0.25) is 0 Å². The monoisotopic (exact) mass is 432 g/mol. The molecule has 1 aromatic heterocycles. The lowest BCUT2D eigenvalue weighted by Crippen LogP contribution is -2.38. The molecule has 1 unspecified atom stereocenters. The number of nitrogens with one attached hydrogen (secondary N) is 2. The van der Waals surface area contributed by atoms with E-state index in [1.54, 1.807) is 14.0 Å². The van der Waals surface area contributed by atoms with E-state index in [4.69, 9.17) is 9.47 Å². The summed E-state index contributed by atoms with van der Waals surface area (Å²) < 4.78 is 10.8. The predicted molar refractivity (Wildman–Crippen MR) is 121 cm³/mol. The number of nitrogens with zero attached hydrogens (tertiary/aromatic N) is 2. The first-order chi connectivity index (χ1) is 14.3. The molecule has 0 spiro atoms. The fourth-order valence-corrected chi connectivity index (χ4v) is 3.69. The van der Waals surface area contributed by atoms with Crippen molar-refractivity contribution in [1.82, 2.24) is 15.6 Å². The van der Waals surface area contributed by atoms with Gasteiger partial charge in [-0.15, -0.1) is 11.3 Å². The molecule has 0 saturated heterocycles. The van der Waals surface area contributed by atoms with Crippen LogP contribution in [-0.4, -0.2) is 36.7 Å². The van der Waals surface area contributed by atoms with Crippen LogP contribution < -0.4 is 10.6 Å². The van der Waals surface area contributed by atoms with Crippen LogP contribution >= 0.6 is 11.3 Å². The standard InChI is InChI=1S/C22H32N4O3S/c1-7-28-21(27)19-15(4)25-20(30-19)16(5)26-22(23-6)24-12-17-9-8-10-18(11-17)13-29-14(2)3/h8-11,14,16H,7,12-13H2,1-6H3,(H2,23,24,26). The molecule has 8 heteroatoms. The third kappa shape index (κ3) is 7.11. The minimum absolute atomic E-state index is 0.103. The Morgan fingerprint density at radius 2 is 2.00 bits per heavy atom. The van der Waals surface area contributed by atoms with Gasteiger partial charge in [0.25, 0.3) is 0 Å². The molecule has 1 atom stereocenters. The Kier molecular flexibility index (Phi) is 9.26. The van der Waals surface area contributed by atoms with E-state index < -0.39 is 0 Å². The number of guanidine groups is 1. The second-order valence-electron chi connectivity index (χ2n) is 7.16. The smallest absolute Gasteiger partial charge is 0.350 e. The molecule has 0 aliphatic rings. The zero-order valence-electron chi connectivity index (χ0n) is 18.6. The zero-order chi connectivity index (χ0) is 22.1. The van der Waals surface area contributed by atoms with Crippen molar-refractivity contribution in [1.29, 1.82) is 0 Å². The summed E-state index contributed by atoms with van der Waals surface area (Å²) in [4.78, 5) is 21.4. The highest BCUT2D eigenvalue weighted by Crippen LogP contribution is 2.24. The second-order valence-corrected chi connectivity index (χ2v) is 8.19. The van der Waals surface area contributed by atoms with Crippen molar-refractivity contribution in [3.05, 3.63) is 51.0 Å². The summed E-state index contributed by atoms with van der Waals surface area (Å²) in [5.41, 5.74) is 2.97. The van der Waals surface area contributed by atoms with Gasteiger partial charge in [-0.2, -0.15) is 0 Å². The lowest BCUT2D eigenvalue weighted by Gasteiger charge is -2.16. The molecule has 0 fully saturated rings. The van der Waals surface area contributed by atoms with E-state index >= 15 is 0 Å². The van der Waals surface area contributed by atoms with E-state index in [1.807, 2.05) is 33.8 Å². The Hall–Kier alpha value is -2.45.